The van der Waals surface area contributed by atoms with Gasteiger partial charge in [0.15, 0.2) is 5.41 Å². The van der Waals surface area contributed by atoms with Gasteiger partial charge in [0.2, 0.25) is 11.8 Å². The SMILES string of the molecule is O=C1NC(=O)C2(Cc3cc([N+](=O)[O-])ccc3N3CCOC[C@@H]32)C(=O)N1. The molecule has 1 atom stereocenters. The minimum Gasteiger partial charge on any atom is -0.377 e. The molecule has 10 heteroatoms. The third kappa shape index (κ3) is 2.10. The molecule has 3 aliphatic heterocycles. The Balaban J connectivity index is 1.88. The number of fused-ring (bicyclic) bond motifs is 4. The van der Waals surface area contributed by atoms with Crippen molar-refractivity contribution in [1.29, 1.82) is 0 Å². The van der Waals surface area contributed by atoms with Crippen molar-refractivity contribution in [3.63, 3.8) is 0 Å². The van der Waals surface area contributed by atoms with Gasteiger partial charge in [-0.15, -0.1) is 0 Å². The Kier molecular flexibility index (Phi) is 3.25. The van der Waals surface area contributed by atoms with E-state index in [0.29, 0.717) is 18.7 Å². The molecule has 3 heterocycles. The van der Waals surface area contributed by atoms with Gasteiger partial charge >= 0.3 is 6.03 Å². The Labute approximate surface area is 141 Å². The molecule has 0 aliphatic carbocycles. The molecule has 0 saturated carbocycles. The highest BCUT2D eigenvalue weighted by Gasteiger charge is 2.60. The van der Waals surface area contributed by atoms with E-state index in [-0.39, 0.29) is 18.7 Å². The van der Waals surface area contributed by atoms with Crippen LogP contribution in [0, 0.1) is 15.5 Å². The smallest absolute Gasteiger partial charge is 0.328 e. The maximum absolute atomic E-state index is 12.7. The van der Waals surface area contributed by atoms with Crippen LogP contribution >= 0.6 is 0 Å². The lowest BCUT2D eigenvalue weighted by atomic mass is 9.68. The Bertz CT molecular complexity index is 802. The van der Waals surface area contributed by atoms with Crippen LogP contribution in [-0.4, -0.2) is 48.6 Å². The van der Waals surface area contributed by atoms with E-state index in [1.807, 2.05) is 4.90 Å². The van der Waals surface area contributed by atoms with Crippen molar-refractivity contribution in [3.8, 4) is 0 Å². The van der Waals surface area contributed by atoms with Gasteiger partial charge in [-0.2, -0.15) is 0 Å². The molecule has 0 aromatic heterocycles. The molecular formula is C15H14N4O6. The van der Waals surface area contributed by atoms with Gasteiger partial charge in [-0.1, -0.05) is 0 Å². The Morgan fingerprint density at radius 1 is 1.24 bits per heavy atom. The van der Waals surface area contributed by atoms with E-state index in [2.05, 4.69) is 10.6 Å². The van der Waals surface area contributed by atoms with Crippen molar-refractivity contribution in [1.82, 2.24) is 10.6 Å². The number of morpholine rings is 1. The third-order valence-corrected chi connectivity index (χ3v) is 5.01. The molecule has 0 bridgehead atoms. The number of carbonyl (C=O) groups is 3. The molecule has 4 amide bonds. The summed E-state index contributed by atoms with van der Waals surface area (Å²) in [5, 5.41) is 15.4. The number of rotatable bonds is 1. The van der Waals surface area contributed by atoms with E-state index in [9.17, 15) is 24.5 Å². The minimum absolute atomic E-state index is 0.0422. The number of anilines is 1. The van der Waals surface area contributed by atoms with Gasteiger partial charge in [0.1, 0.15) is 0 Å². The van der Waals surface area contributed by atoms with Crippen molar-refractivity contribution in [2.24, 2.45) is 5.41 Å². The van der Waals surface area contributed by atoms with Crippen LogP contribution in [0.1, 0.15) is 5.56 Å². The van der Waals surface area contributed by atoms with Crippen LogP contribution in [0.2, 0.25) is 0 Å². The normalized spacial score (nSPS) is 24.2. The number of ether oxygens (including phenoxy) is 1. The fraction of sp³-hybridized carbons (Fsp3) is 0.400. The number of nitro groups is 1. The minimum atomic E-state index is -1.57. The van der Waals surface area contributed by atoms with Gasteiger partial charge in [-0.05, 0) is 11.6 Å². The van der Waals surface area contributed by atoms with Crippen LogP contribution in [0.3, 0.4) is 0 Å². The molecular weight excluding hydrogens is 332 g/mol. The number of benzene rings is 1. The molecule has 2 saturated heterocycles. The standard InChI is InChI=1S/C15H14N4O6/c20-12-15(13(21)17-14(22)16-12)6-8-5-9(19(23)24)1-2-10(8)18-3-4-25-7-11(15)18/h1-2,5,11H,3-4,6-7H2,(H2,16,17,20,21,22)/t11-/m1/s1. The summed E-state index contributed by atoms with van der Waals surface area (Å²) in [5.41, 5.74) is -0.432. The van der Waals surface area contributed by atoms with Crippen molar-refractivity contribution in [3.05, 3.63) is 33.9 Å². The average Bonchev–Trinajstić information content (AvgIpc) is 2.58. The first-order chi connectivity index (χ1) is 11.9. The predicted octanol–water partition coefficient (Wildman–Crippen LogP) is -0.292. The highest BCUT2D eigenvalue weighted by molar-refractivity contribution is 6.20. The summed E-state index contributed by atoms with van der Waals surface area (Å²) >= 11 is 0. The van der Waals surface area contributed by atoms with Crippen molar-refractivity contribution < 1.29 is 24.0 Å². The maximum Gasteiger partial charge on any atom is 0.328 e. The van der Waals surface area contributed by atoms with Crippen molar-refractivity contribution >= 4 is 29.2 Å². The summed E-state index contributed by atoms with van der Waals surface area (Å²) < 4.78 is 5.47. The van der Waals surface area contributed by atoms with Gasteiger partial charge in [-0.25, -0.2) is 4.79 Å². The molecule has 0 radical (unpaired) electrons. The van der Waals surface area contributed by atoms with E-state index in [4.69, 9.17) is 4.74 Å². The van der Waals surface area contributed by atoms with E-state index in [1.54, 1.807) is 6.07 Å². The van der Waals surface area contributed by atoms with E-state index < -0.39 is 34.2 Å². The first-order valence-electron chi connectivity index (χ1n) is 7.72. The van der Waals surface area contributed by atoms with Crippen molar-refractivity contribution in [2.75, 3.05) is 24.7 Å². The van der Waals surface area contributed by atoms with Crippen molar-refractivity contribution in [2.45, 2.75) is 12.5 Å². The fourth-order valence-corrected chi connectivity index (χ4v) is 3.85. The lowest BCUT2D eigenvalue weighted by Crippen LogP contribution is -2.73. The molecule has 4 rings (SSSR count). The number of hydrogen-bond donors (Lipinski definition) is 2. The number of nitro benzene ring substituents is 1. The zero-order chi connectivity index (χ0) is 17.8. The number of urea groups is 1. The third-order valence-electron chi connectivity index (χ3n) is 5.01. The Morgan fingerprint density at radius 3 is 2.64 bits per heavy atom. The highest BCUT2D eigenvalue weighted by atomic mass is 16.6. The topological polar surface area (TPSA) is 131 Å². The van der Waals surface area contributed by atoms with Crippen LogP contribution in [-0.2, 0) is 20.7 Å². The van der Waals surface area contributed by atoms with E-state index >= 15 is 0 Å². The lowest BCUT2D eigenvalue weighted by molar-refractivity contribution is -0.384. The summed E-state index contributed by atoms with van der Waals surface area (Å²) in [4.78, 5) is 49.2. The molecule has 0 unspecified atom stereocenters. The zero-order valence-electron chi connectivity index (χ0n) is 13.0. The summed E-state index contributed by atoms with van der Waals surface area (Å²) in [7, 11) is 0. The lowest BCUT2D eigenvalue weighted by Gasteiger charge is -2.51. The second kappa shape index (κ2) is 5.24. The number of nitrogens with one attached hydrogen (secondary N) is 2. The molecule has 1 aromatic carbocycles. The summed E-state index contributed by atoms with van der Waals surface area (Å²) in [5.74, 6) is -1.42. The number of barbiturate groups is 1. The van der Waals surface area contributed by atoms with Crippen LogP contribution in [0.25, 0.3) is 0 Å². The first-order valence-corrected chi connectivity index (χ1v) is 7.72. The average molecular weight is 346 g/mol. The number of amides is 4. The van der Waals surface area contributed by atoms with Gasteiger partial charge in [0.25, 0.3) is 5.69 Å². The van der Waals surface area contributed by atoms with Gasteiger partial charge < -0.3 is 9.64 Å². The molecule has 130 valence electrons. The fourth-order valence-electron chi connectivity index (χ4n) is 3.85. The molecule has 25 heavy (non-hydrogen) atoms. The number of nitrogens with zero attached hydrogens (tertiary/aromatic N) is 2. The zero-order valence-corrected chi connectivity index (χ0v) is 13.0. The summed E-state index contributed by atoms with van der Waals surface area (Å²) in [6.07, 6.45) is -0.0422. The first kappa shape index (κ1) is 15.5. The number of imide groups is 2. The summed E-state index contributed by atoms with van der Waals surface area (Å²) in [6, 6.07) is 2.94. The molecule has 1 aromatic rings. The highest BCUT2D eigenvalue weighted by Crippen LogP contribution is 2.44. The number of carbonyl (C=O) groups excluding carboxylic acids is 3. The molecule has 2 fully saturated rings. The molecule has 1 spiro atoms. The van der Waals surface area contributed by atoms with E-state index in [1.165, 1.54) is 12.1 Å². The Morgan fingerprint density at radius 2 is 1.96 bits per heavy atom. The van der Waals surface area contributed by atoms with Gasteiger partial charge in [-0.3, -0.25) is 30.3 Å². The second-order valence-electron chi connectivity index (χ2n) is 6.24. The second-order valence-corrected chi connectivity index (χ2v) is 6.24. The van der Waals surface area contributed by atoms with Gasteiger partial charge in [0, 0.05) is 30.8 Å². The monoisotopic (exact) mass is 346 g/mol. The van der Waals surface area contributed by atoms with Crippen LogP contribution < -0.4 is 15.5 Å². The number of hydrogen-bond acceptors (Lipinski definition) is 7. The summed E-state index contributed by atoms with van der Waals surface area (Å²) in [6.45, 7) is 0.988. The van der Waals surface area contributed by atoms with Crippen LogP contribution in [0.4, 0.5) is 16.2 Å². The predicted molar refractivity (Wildman–Crippen MR) is 82.9 cm³/mol. The van der Waals surface area contributed by atoms with E-state index in [0.717, 1.165) is 5.69 Å². The largest absolute Gasteiger partial charge is 0.377 e. The van der Waals surface area contributed by atoms with Crippen LogP contribution in [0.5, 0.6) is 0 Å². The Hall–Kier alpha value is -3.01. The maximum atomic E-state index is 12.7. The van der Waals surface area contributed by atoms with Crippen LogP contribution in [0.15, 0.2) is 18.2 Å². The molecule has 10 nitrogen and oxygen atoms in total. The number of non-ortho nitro benzene ring substituents is 1. The molecule has 2 N–H and O–H groups in total. The quantitative estimate of drug-likeness (QED) is 0.406. The van der Waals surface area contributed by atoms with Gasteiger partial charge in [0.05, 0.1) is 24.2 Å². The molecule has 3 aliphatic rings.